The van der Waals surface area contributed by atoms with E-state index in [1.165, 1.54) is 0 Å². The molecule has 5 heteroatoms. The molecule has 1 unspecified atom stereocenters. The van der Waals surface area contributed by atoms with Gasteiger partial charge in [0.05, 0.1) is 5.69 Å². The number of fused-ring (bicyclic) bond motifs is 1. The summed E-state index contributed by atoms with van der Waals surface area (Å²) in [6.07, 6.45) is 1.66. The van der Waals surface area contributed by atoms with Crippen molar-refractivity contribution in [2.24, 2.45) is 11.1 Å². The van der Waals surface area contributed by atoms with Crippen LogP contribution in [0.15, 0.2) is 12.1 Å². The van der Waals surface area contributed by atoms with Crippen LogP contribution < -0.4 is 5.73 Å². The third-order valence-electron chi connectivity index (χ3n) is 2.78. The number of nitrogens with two attached hydrogens (primary N) is 1. The van der Waals surface area contributed by atoms with Gasteiger partial charge in [0.2, 0.25) is 0 Å². The smallest absolute Gasteiger partial charge is 0.177 e. The van der Waals surface area contributed by atoms with Crippen LogP contribution in [0, 0.1) is 12.3 Å². The maximum atomic E-state index is 6.17. The average molecular weight is 247 g/mol. The van der Waals surface area contributed by atoms with Crippen molar-refractivity contribution in [1.29, 1.82) is 0 Å². The van der Waals surface area contributed by atoms with E-state index in [9.17, 15) is 0 Å². The Labute approximate surface area is 107 Å². The van der Waals surface area contributed by atoms with Crippen LogP contribution in [0.5, 0.6) is 0 Å². The molecule has 0 saturated carbocycles. The molecule has 0 bridgehead atoms. The fourth-order valence-corrected chi connectivity index (χ4v) is 2.15. The lowest BCUT2D eigenvalue weighted by Crippen LogP contribution is -2.29. The van der Waals surface area contributed by atoms with Gasteiger partial charge in [-0.2, -0.15) is 9.61 Å². The summed E-state index contributed by atoms with van der Waals surface area (Å²) in [6, 6.07) is 3.94. The third-order valence-corrected chi connectivity index (χ3v) is 2.78. The largest absolute Gasteiger partial charge is 0.327 e. The molecule has 2 N–H and O–H groups in total. The Morgan fingerprint density at radius 2 is 2.00 bits per heavy atom. The number of hydrogen-bond donors (Lipinski definition) is 1. The van der Waals surface area contributed by atoms with Crippen LogP contribution in [-0.4, -0.2) is 25.9 Å². The van der Waals surface area contributed by atoms with Crippen molar-refractivity contribution in [1.82, 2.24) is 19.8 Å². The highest BCUT2D eigenvalue weighted by Crippen LogP contribution is 2.21. The van der Waals surface area contributed by atoms with Gasteiger partial charge in [-0.1, -0.05) is 20.8 Å². The summed E-state index contributed by atoms with van der Waals surface area (Å²) < 4.78 is 1.79. The second-order valence-corrected chi connectivity index (χ2v) is 6.09. The van der Waals surface area contributed by atoms with Crippen molar-refractivity contribution in [2.75, 3.05) is 0 Å². The molecule has 2 rings (SSSR count). The van der Waals surface area contributed by atoms with Crippen LogP contribution >= 0.6 is 0 Å². The lowest BCUT2D eigenvalue weighted by Gasteiger charge is -2.22. The van der Waals surface area contributed by atoms with Crippen LogP contribution in [-0.2, 0) is 6.42 Å². The lowest BCUT2D eigenvalue weighted by atomic mass is 9.87. The minimum absolute atomic E-state index is 0.0831. The van der Waals surface area contributed by atoms with E-state index in [0.717, 1.165) is 23.6 Å². The molecule has 2 aromatic heterocycles. The van der Waals surface area contributed by atoms with E-state index in [4.69, 9.17) is 5.73 Å². The summed E-state index contributed by atoms with van der Waals surface area (Å²) in [6.45, 7) is 8.53. The van der Waals surface area contributed by atoms with Crippen molar-refractivity contribution < 1.29 is 0 Å². The van der Waals surface area contributed by atoms with Gasteiger partial charge in [-0.3, -0.25) is 0 Å². The molecule has 18 heavy (non-hydrogen) atoms. The summed E-state index contributed by atoms with van der Waals surface area (Å²) in [5.41, 5.74) is 8.12. The quantitative estimate of drug-likeness (QED) is 0.897. The van der Waals surface area contributed by atoms with E-state index < -0.39 is 0 Å². The number of nitrogens with zero attached hydrogens (tertiary/aromatic N) is 4. The summed E-state index contributed by atoms with van der Waals surface area (Å²) in [5, 5.41) is 12.7. The second-order valence-electron chi connectivity index (χ2n) is 6.09. The first kappa shape index (κ1) is 13.0. The van der Waals surface area contributed by atoms with Crippen molar-refractivity contribution in [3.8, 4) is 0 Å². The molecule has 98 valence electrons. The zero-order valence-electron chi connectivity index (χ0n) is 11.5. The van der Waals surface area contributed by atoms with Crippen LogP contribution in [0.25, 0.3) is 5.65 Å². The van der Waals surface area contributed by atoms with Crippen molar-refractivity contribution in [3.63, 3.8) is 0 Å². The Bertz CT molecular complexity index is 538. The van der Waals surface area contributed by atoms with Gasteiger partial charge in [-0.25, -0.2) is 0 Å². The molecule has 0 aliphatic carbocycles. The van der Waals surface area contributed by atoms with E-state index in [1.807, 2.05) is 19.1 Å². The number of aryl methyl sites for hydroxylation is 1. The summed E-state index contributed by atoms with van der Waals surface area (Å²) in [5.74, 6) is 0.838. The van der Waals surface area contributed by atoms with Gasteiger partial charge in [0.25, 0.3) is 0 Å². The molecule has 5 nitrogen and oxygen atoms in total. The number of hydrogen-bond acceptors (Lipinski definition) is 4. The zero-order valence-corrected chi connectivity index (χ0v) is 11.5. The van der Waals surface area contributed by atoms with Gasteiger partial charge < -0.3 is 5.73 Å². The SMILES string of the molecule is Cc1ccc2nnc(CC(N)CC(C)(C)C)n2n1. The normalized spacial score (nSPS) is 14.1. The first-order valence-corrected chi connectivity index (χ1v) is 6.29. The predicted octanol–water partition coefficient (Wildman–Crippen LogP) is 1.74. The molecule has 0 aliphatic rings. The highest BCUT2D eigenvalue weighted by Gasteiger charge is 2.18. The van der Waals surface area contributed by atoms with Gasteiger partial charge in [0.1, 0.15) is 0 Å². The Hall–Kier alpha value is -1.49. The van der Waals surface area contributed by atoms with Crippen LogP contribution in [0.4, 0.5) is 0 Å². The molecule has 0 aliphatic heterocycles. The molecule has 0 saturated heterocycles. The predicted molar refractivity (Wildman–Crippen MR) is 71.3 cm³/mol. The van der Waals surface area contributed by atoms with E-state index in [2.05, 4.69) is 36.1 Å². The zero-order chi connectivity index (χ0) is 13.3. The van der Waals surface area contributed by atoms with Crippen LogP contribution in [0.2, 0.25) is 0 Å². The second kappa shape index (κ2) is 4.65. The van der Waals surface area contributed by atoms with E-state index in [-0.39, 0.29) is 11.5 Å². The van der Waals surface area contributed by atoms with Crippen LogP contribution in [0.3, 0.4) is 0 Å². The average Bonchev–Trinajstić information content (AvgIpc) is 2.58. The third kappa shape index (κ3) is 3.04. The highest BCUT2D eigenvalue weighted by molar-refractivity contribution is 5.36. The first-order valence-electron chi connectivity index (χ1n) is 6.29. The molecule has 0 fully saturated rings. The van der Waals surface area contributed by atoms with Gasteiger partial charge in [0, 0.05) is 12.5 Å². The first-order chi connectivity index (χ1) is 8.35. The Balaban J connectivity index is 2.19. The standard InChI is InChI=1S/C13H21N5/c1-9-5-6-11-15-16-12(18(11)17-9)7-10(14)8-13(2,3)4/h5-6,10H,7-8,14H2,1-4H3. The van der Waals surface area contributed by atoms with Gasteiger partial charge in [-0.15, -0.1) is 10.2 Å². The Morgan fingerprint density at radius 1 is 1.28 bits per heavy atom. The molecule has 2 heterocycles. The van der Waals surface area contributed by atoms with E-state index in [1.54, 1.807) is 4.52 Å². The molecular formula is C13H21N5. The molecule has 0 radical (unpaired) electrons. The minimum atomic E-state index is 0.0831. The number of aromatic nitrogens is 4. The maximum absolute atomic E-state index is 6.17. The molecule has 0 aromatic carbocycles. The highest BCUT2D eigenvalue weighted by atomic mass is 15.4. The summed E-state index contributed by atoms with van der Waals surface area (Å²) in [7, 11) is 0. The lowest BCUT2D eigenvalue weighted by molar-refractivity contribution is 0.335. The molecule has 2 aromatic rings. The Morgan fingerprint density at radius 3 is 2.67 bits per heavy atom. The van der Waals surface area contributed by atoms with Gasteiger partial charge >= 0.3 is 0 Å². The van der Waals surface area contributed by atoms with Gasteiger partial charge in [-0.05, 0) is 30.9 Å². The van der Waals surface area contributed by atoms with E-state index >= 15 is 0 Å². The molecule has 0 amide bonds. The molecule has 0 spiro atoms. The monoisotopic (exact) mass is 247 g/mol. The summed E-state index contributed by atoms with van der Waals surface area (Å²) in [4.78, 5) is 0. The topological polar surface area (TPSA) is 69.1 Å². The van der Waals surface area contributed by atoms with E-state index in [0.29, 0.717) is 6.42 Å². The fraction of sp³-hybridized carbons (Fsp3) is 0.615. The summed E-state index contributed by atoms with van der Waals surface area (Å²) >= 11 is 0. The number of rotatable bonds is 3. The van der Waals surface area contributed by atoms with Crippen molar-refractivity contribution >= 4 is 5.65 Å². The fourth-order valence-electron chi connectivity index (χ4n) is 2.15. The minimum Gasteiger partial charge on any atom is -0.327 e. The van der Waals surface area contributed by atoms with Crippen molar-refractivity contribution in [2.45, 2.75) is 46.6 Å². The maximum Gasteiger partial charge on any atom is 0.177 e. The Kier molecular flexibility index (Phi) is 3.34. The van der Waals surface area contributed by atoms with Crippen LogP contribution in [0.1, 0.15) is 38.7 Å². The van der Waals surface area contributed by atoms with Gasteiger partial charge in [0.15, 0.2) is 11.5 Å². The molecular weight excluding hydrogens is 226 g/mol. The molecule has 1 atom stereocenters. The van der Waals surface area contributed by atoms with Crippen molar-refractivity contribution in [3.05, 3.63) is 23.7 Å².